The Kier molecular flexibility index (Phi) is 5.58. The quantitative estimate of drug-likeness (QED) is 0.838. The lowest BCUT2D eigenvalue weighted by molar-refractivity contribution is 0.148. The maximum Gasteiger partial charge on any atom is 0.0467 e. The molecule has 0 bridgehead atoms. The standard InChI is InChI=1S/C17H28N2O/c1-17(2,9-11-20-3)13-19-16-8-10-18-12-14-6-4-5-7-15(14)16/h4-7,16,18-19H,8-13H2,1-3H3. The zero-order valence-corrected chi connectivity index (χ0v) is 13.0. The topological polar surface area (TPSA) is 33.3 Å². The number of nitrogens with one attached hydrogen (secondary N) is 2. The van der Waals surface area contributed by atoms with Crippen LogP contribution in [0.4, 0.5) is 0 Å². The first-order valence-electron chi connectivity index (χ1n) is 7.63. The van der Waals surface area contributed by atoms with Crippen LogP contribution < -0.4 is 10.6 Å². The molecule has 0 amide bonds. The second kappa shape index (κ2) is 7.21. The Morgan fingerprint density at radius 1 is 1.35 bits per heavy atom. The molecule has 0 aliphatic carbocycles. The minimum Gasteiger partial charge on any atom is -0.385 e. The first kappa shape index (κ1) is 15.5. The maximum atomic E-state index is 5.21. The van der Waals surface area contributed by atoms with Gasteiger partial charge in [-0.05, 0) is 35.9 Å². The van der Waals surface area contributed by atoms with Gasteiger partial charge in [-0.2, -0.15) is 0 Å². The summed E-state index contributed by atoms with van der Waals surface area (Å²) in [6.07, 6.45) is 2.24. The third kappa shape index (κ3) is 4.30. The molecule has 20 heavy (non-hydrogen) atoms. The molecule has 1 aliphatic rings. The van der Waals surface area contributed by atoms with Gasteiger partial charge in [0, 0.05) is 32.8 Å². The van der Waals surface area contributed by atoms with Crippen molar-refractivity contribution in [3.63, 3.8) is 0 Å². The van der Waals surface area contributed by atoms with Gasteiger partial charge >= 0.3 is 0 Å². The summed E-state index contributed by atoms with van der Waals surface area (Å²) >= 11 is 0. The number of benzene rings is 1. The highest BCUT2D eigenvalue weighted by atomic mass is 16.5. The summed E-state index contributed by atoms with van der Waals surface area (Å²) in [6, 6.07) is 9.24. The van der Waals surface area contributed by atoms with Crippen molar-refractivity contribution in [3.05, 3.63) is 35.4 Å². The van der Waals surface area contributed by atoms with Crippen LogP contribution >= 0.6 is 0 Å². The summed E-state index contributed by atoms with van der Waals surface area (Å²) in [7, 11) is 1.77. The van der Waals surface area contributed by atoms with E-state index >= 15 is 0 Å². The van der Waals surface area contributed by atoms with Crippen molar-refractivity contribution in [2.45, 2.75) is 39.3 Å². The van der Waals surface area contributed by atoms with E-state index in [0.29, 0.717) is 6.04 Å². The Hall–Kier alpha value is -0.900. The van der Waals surface area contributed by atoms with Crippen LogP contribution in [0, 0.1) is 5.41 Å². The Morgan fingerprint density at radius 2 is 2.15 bits per heavy atom. The first-order chi connectivity index (χ1) is 9.62. The summed E-state index contributed by atoms with van der Waals surface area (Å²) in [6.45, 7) is 8.53. The molecule has 0 aromatic heterocycles. The fraction of sp³-hybridized carbons (Fsp3) is 0.647. The van der Waals surface area contributed by atoms with Crippen LogP contribution in [0.2, 0.25) is 0 Å². The van der Waals surface area contributed by atoms with Gasteiger partial charge < -0.3 is 15.4 Å². The van der Waals surface area contributed by atoms with Gasteiger partial charge in [-0.25, -0.2) is 0 Å². The van der Waals surface area contributed by atoms with Gasteiger partial charge in [0.25, 0.3) is 0 Å². The number of hydrogen-bond acceptors (Lipinski definition) is 3. The summed E-state index contributed by atoms with van der Waals surface area (Å²) in [5.41, 5.74) is 3.15. The lowest BCUT2D eigenvalue weighted by Crippen LogP contribution is -2.33. The van der Waals surface area contributed by atoms with Crippen molar-refractivity contribution in [2.24, 2.45) is 5.41 Å². The molecular weight excluding hydrogens is 248 g/mol. The Labute approximate surface area is 123 Å². The molecule has 1 atom stereocenters. The van der Waals surface area contributed by atoms with Gasteiger partial charge in [0.1, 0.15) is 0 Å². The smallest absolute Gasteiger partial charge is 0.0467 e. The monoisotopic (exact) mass is 276 g/mol. The molecular formula is C17H28N2O. The minimum atomic E-state index is 0.269. The number of methoxy groups -OCH3 is 1. The van der Waals surface area contributed by atoms with Crippen LogP contribution in [0.5, 0.6) is 0 Å². The van der Waals surface area contributed by atoms with Crippen molar-refractivity contribution in [1.29, 1.82) is 0 Å². The number of fused-ring (bicyclic) bond motifs is 1. The molecule has 1 unspecified atom stereocenters. The fourth-order valence-electron chi connectivity index (χ4n) is 2.74. The van der Waals surface area contributed by atoms with Crippen LogP contribution in [0.3, 0.4) is 0 Å². The summed E-state index contributed by atoms with van der Waals surface area (Å²) in [5.74, 6) is 0. The molecule has 2 rings (SSSR count). The average Bonchev–Trinajstić information content (AvgIpc) is 2.65. The molecule has 0 spiro atoms. The molecule has 1 aliphatic heterocycles. The van der Waals surface area contributed by atoms with Crippen molar-refractivity contribution in [1.82, 2.24) is 10.6 Å². The van der Waals surface area contributed by atoms with E-state index < -0.39 is 0 Å². The van der Waals surface area contributed by atoms with Crippen LogP contribution in [-0.4, -0.2) is 26.8 Å². The molecule has 1 aromatic carbocycles. The molecule has 3 heteroatoms. The van der Waals surface area contributed by atoms with E-state index in [-0.39, 0.29) is 5.41 Å². The van der Waals surface area contributed by atoms with E-state index in [0.717, 1.165) is 39.1 Å². The van der Waals surface area contributed by atoms with Gasteiger partial charge in [0.15, 0.2) is 0 Å². The van der Waals surface area contributed by atoms with Crippen LogP contribution in [-0.2, 0) is 11.3 Å². The van der Waals surface area contributed by atoms with Crippen molar-refractivity contribution >= 4 is 0 Å². The predicted molar refractivity (Wildman–Crippen MR) is 83.8 cm³/mol. The van der Waals surface area contributed by atoms with Gasteiger partial charge in [0.05, 0.1) is 0 Å². The zero-order chi connectivity index (χ0) is 14.4. The molecule has 0 saturated heterocycles. The zero-order valence-electron chi connectivity index (χ0n) is 13.0. The molecule has 0 fully saturated rings. The normalized spacial score (nSPS) is 19.4. The van der Waals surface area contributed by atoms with E-state index in [4.69, 9.17) is 4.74 Å². The van der Waals surface area contributed by atoms with E-state index in [9.17, 15) is 0 Å². The maximum absolute atomic E-state index is 5.21. The van der Waals surface area contributed by atoms with E-state index in [2.05, 4.69) is 48.7 Å². The SMILES string of the molecule is COCCC(C)(C)CNC1CCNCc2ccccc21. The van der Waals surface area contributed by atoms with E-state index in [1.165, 1.54) is 11.1 Å². The summed E-state index contributed by atoms with van der Waals surface area (Å²) in [5, 5.41) is 7.28. The highest BCUT2D eigenvalue weighted by molar-refractivity contribution is 5.31. The fourth-order valence-corrected chi connectivity index (χ4v) is 2.74. The second-order valence-corrected chi connectivity index (χ2v) is 6.50. The molecule has 1 heterocycles. The Bertz CT molecular complexity index is 417. The van der Waals surface area contributed by atoms with E-state index in [1.807, 2.05) is 0 Å². The molecule has 0 saturated carbocycles. The van der Waals surface area contributed by atoms with Crippen molar-refractivity contribution < 1.29 is 4.74 Å². The average molecular weight is 276 g/mol. The minimum absolute atomic E-state index is 0.269. The van der Waals surface area contributed by atoms with Gasteiger partial charge in [0.2, 0.25) is 0 Å². The molecule has 2 N–H and O–H groups in total. The second-order valence-electron chi connectivity index (χ2n) is 6.50. The lowest BCUT2D eigenvalue weighted by Gasteiger charge is -2.28. The first-order valence-corrected chi connectivity index (χ1v) is 7.63. The van der Waals surface area contributed by atoms with Crippen molar-refractivity contribution in [2.75, 3.05) is 26.8 Å². The third-order valence-electron chi connectivity index (χ3n) is 4.17. The molecule has 0 radical (unpaired) electrons. The van der Waals surface area contributed by atoms with Crippen molar-refractivity contribution in [3.8, 4) is 0 Å². The highest BCUT2D eigenvalue weighted by Crippen LogP contribution is 2.26. The number of ether oxygens (including phenoxy) is 1. The largest absolute Gasteiger partial charge is 0.385 e. The van der Waals surface area contributed by atoms with E-state index in [1.54, 1.807) is 7.11 Å². The Morgan fingerprint density at radius 3 is 2.95 bits per heavy atom. The predicted octanol–water partition coefficient (Wildman–Crippen LogP) is 2.87. The third-order valence-corrected chi connectivity index (χ3v) is 4.17. The number of rotatable bonds is 6. The van der Waals surface area contributed by atoms with Crippen LogP contribution in [0.1, 0.15) is 43.9 Å². The molecule has 3 nitrogen and oxygen atoms in total. The Balaban J connectivity index is 1.99. The van der Waals surface area contributed by atoms with Crippen LogP contribution in [0.25, 0.3) is 0 Å². The van der Waals surface area contributed by atoms with Gasteiger partial charge in [-0.15, -0.1) is 0 Å². The van der Waals surface area contributed by atoms with Crippen LogP contribution in [0.15, 0.2) is 24.3 Å². The van der Waals surface area contributed by atoms with Gasteiger partial charge in [-0.1, -0.05) is 38.1 Å². The highest BCUT2D eigenvalue weighted by Gasteiger charge is 2.22. The van der Waals surface area contributed by atoms with Gasteiger partial charge in [-0.3, -0.25) is 0 Å². The number of hydrogen-bond donors (Lipinski definition) is 2. The lowest BCUT2D eigenvalue weighted by atomic mass is 9.88. The molecule has 1 aromatic rings. The molecule has 112 valence electrons. The summed E-state index contributed by atoms with van der Waals surface area (Å²) in [4.78, 5) is 0. The summed E-state index contributed by atoms with van der Waals surface area (Å²) < 4.78 is 5.21.